The highest BCUT2D eigenvalue weighted by molar-refractivity contribution is 5.94. The van der Waals surface area contributed by atoms with Gasteiger partial charge in [0.05, 0.1) is 0 Å². The largest absolute Gasteiger partial charge is 0.339 e. The molecule has 0 fully saturated rings. The Bertz CT molecular complexity index is 321. The quantitative estimate of drug-likeness (QED) is 0.743. The fourth-order valence-electron chi connectivity index (χ4n) is 1.96. The van der Waals surface area contributed by atoms with Crippen molar-refractivity contribution in [2.45, 2.75) is 39.2 Å². The van der Waals surface area contributed by atoms with Gasteiger partial charge in [0.1, 0.15) is 0 Å². The van der Waals surface area contributed by atoms with Crippen LogP contribution in [-0.4, -0.2) is 23.9 Å². The molecule has 1 atom stereocenters. The summed E-state index contributed by atoms with van der Waals surface area (Å²) < 4.78 is 0. The van der Waals surface area contributed by atoms with Gasteiger partial charge in [-0.2, -0.15) is 0 Å². The highest BCUT2D eigenvalue weighted by Gasteiger charge is 2.18. The number of hydrogen-bond acceptors (Lipinski definition) is 1. The predicted octanol–water partition coefficient (Wildman–Crippen LogP) is 3.34. The van der Waals surface area contributed by atoms with Gasteiger partial charge in [-0.3, -0.25) is 4.79 Å². The van der Waals surface area contributed by atoms with E-state index in [0.29, 0.717) is 6.04 Å². The minimum absolute atomic E-state index is 0.126. The Labute approximate surface area is 98.3 Å². The van der Waals surface area contributed by atoms with Gasteiger partial charge in [0.25, 0.3) is 5.91 Å². The fraction of sp³-hybridized carbons (Fsp3) is 0.500. The van der Waals surface area contributed by atoms with E-state index in [9.17, 15) is 4.79 Å². The number of nitrogens with zero attached hydrogens (tertiary/aromatic N) is 1. The monoisotopic (exact) mass is 219 g/mol. The van der Waals surface area contributed by atoms with Crippen molar-refractivity contribution < 1.29 is 4.79 Å². The zero-order valence-electron chi connectivity index (χ0n) is 10.4. The smallest absolute Gasteiger partial charge is 0.253 e. The lowest BCUT2D eigenvalue weighted by molar-refractivity contribution is 0.0719. The summed E-state index contributed by atoms with van der Waals surface area (Å²) in [5.41, 5.74) is 0.777. The Morgan fingerprint density at radius 1 is 1.25 bits per heavy atom. The molecule has 1 unspecified atom stereocenters. The summed E-state index contributed by atoms with van der Waals surface area (Å²) in [6.07, 6.45) is 3.21. The lowest BCUT2D eigenvalue weighted by atomic mass is 10.1. The van der Waals surface area contributed by atoms with Crippen molar-refractivity contribution in [1.29, 1.82) is 0 Å². The van der Waals surface area contributed by atoms with Gasteiger partial charge in [-0.15, -0.1) is 0 Å². The SMILES string of the molecule is CCCC(CC)N(C)C(=O)c1ccccc1. The average molecular weight is 219 g/mol. The number of carbonyl (C=O) groups is 1. The molecule has 0 saturated carbocycles. The molecule has 1 rings (SSSR count). The highest BCUT2D eigenvalue weighted by Crippen LogP contribution is 2.12. The van der Waals surface area contributed by atoms with Gasteiger partial charge in [-0.25, -0.2) is 0 Å². The Balaban J connectivity index is 2.73. The Hall–Kier alpha value is -1.31. The van der Waals surface area contributed by atoms with E-state index in [1.165, 1.54) is 0 Å². The first-order chi connectivity index (χ1) is 7.70. The first-order valence-electron chi connectivity index (χ1n) is 6.02. The summed E-state index contributed by atoms with van der Waals surface area (Å²) in [7, 11) is 1.90. The lowest BCUT2D eigenvalue weighted by Crippen LogP contribution is -2.36. The maximum Gasteiger partial charge on any atom is 0.253 e. The molecule has 1 aromatic carbocycles. The number of hydrogen-bond donors (Lipinski definition) is 0. The molecule has 1 aromatic rings. The van der Waals surface area contributed by atoms with Crippen molar-refractivity contribution in [3.05, 3.63) is 35.9 Å². The third-order valence-electron chi connectivity index (χ3n) is 2.98. The molecule has 0 heterocycles. The van der Waals surface area contributed by atoms with E-state index in [1.807, 2.05) is 42.3 Å². The van der Waals surface area contributed by atoms with Crippen LogP contribution in [0.4, 0.5) is 0 Å². The topological polar surface area (TPSA) is 20.3 Å². The molecule has 0 aromatic heterocycles. The van der Waals surface area contributed by atoms with Gasteiger partial charge in [-0.05, 0) is 25.0 Å². The standard InChI is InChI=1S/C14H21NO/c1-4-9-13(5-2)15(3)14(16)12-10-7-6-8-11-12/h6-8,10-11,13H,4-5,9H2,1-3H3. The Morgan fingerprint density at radius 3 is 2.38 bits per heavy atom. The molecule has 0 radical (unpaired) electrons. The molecule has 0 bridgehead atoms. The van der Waals surface area contributed by atoms with Crippen molar-refractivity contribution in [3.8, 4) is 0 Å². The summed E-state index contributed by atoms with van der Waals surface area (Å²) >= 11 is 0. The van der Waals surface area contributed by atoms with Gasteiger partial charge in [0.15, 0.2) is 0 Å². The van der Waals surface area contributed by atoms with Crippen LogP contribution >= 0.6 is 0 Å². The highest BCUT2D eigenvalue weighted by atomic mass is 16.2. The first-order valence-corrected chi connectivity index (χ1v) is 6.02. The van der Waals surface area contributed by atoms with Crippen LogP contribution in [0.1, 0.15) is 43.5 Å². The Kier molecular flexibility index (Phi) is 5.03. The van der Waals surface area contributed by atoms with Gasteiger partial charge < -0.3 is 4.90 Å². The van der Waals surface area contributed by atoms with Gasteiger partial charge in [-0.1, -0.05) is 38.5 Å². The molecule has 0 aliphatic rings. The summed E-state index contributed by atoms with van der Waals surface area (Å²) in [4.78, 5) is 14.0. The molecular formula is C14H21NO. The summed E-state index contributed by atoms with van der Waals surface area (Å²) in [5.74, 6) is 0.126. The van der Waals surface area contributed by atoms with Crippen LogP contribution in [-0.2, 0) is 0 Å². The molecule has 88 valence electrons. The van der Waals surface area contributed by atoms with E-state index in [-0.39, 0.29) is 5.91 Å². The molecule has 2 heteroatoms. The van der Waals surface area contributed by atoms with Crippen LogP contribution in [0.3, 0.4) is 0 Å². The van der Waals surface area contributed by atoms with Crippen molar-refractivity contribution >= 4 is 5.91 Å². The second kappa shape index (κ2) is 6.31. The molecule has 0 N–H and O–H groups in total. The van der Waals surface area contributed by atoms with Crippen LogP contribution in [0.5, 0.6) is 0 Å². The zero-order valence-corrected chi connectivity index (χ0v) is 10.4. The molecular weight excluding hydrogens is 198 g/mol. The summed E-state index contributed by atoms with van der Waals surface area (Å²) in [6, 6.07) is 9.84. The Morgan fingerprint density at radius 2 is 1.88 bits per heavy atom. The second-order valence-electron chi connectivity index (χ2n) is 4.13. The fourth-order valence-corrected chi connectivity index (χ4v) is 1.96. The normalized spacial score (nSPS) is 12.2. The number of benzene rings is 1. The lowest BCUT2D eigenvalue weighted by Gasteiger charge is -2.27. The number of amides is 1. The first kappa shape index (κ1) is 12.8. The molecule has 0 aliphatic carbocycles. The van der Waals surface area contributed by atoms with Gasteiger partial charge in [0.2, 0.25) is 0 Å². The predicted molar refractivity (Wildman–Crippen MR) is 67.5 cm³/mol. The van der Waals surface area contributed by atoms with Gasteiger partial charge >= 0.3 is 0 Å². The van der Waals surface area contributed by atoms with E-state index in [0.717, 1.165) is 24.8 Å². The van der Waals surface area contributed by atoms with Gasteiger partial charge in [0, 0.05) is 18.7 Å². The maximum atomic E-state index is 12.1. The summed E-state index contributed by atoms with van der Waals surface area (Å²) in [6.45, 7) is 4.29. The third-order valence-corrected chi connectivity index (χ3v) is 2.98. The van der Waals surface area contributed by atoms with E-state index in [1.54, 1.807) is 0 Å². The van der Waals surface area contributed by atoms with Crippen LogP contribution in [0.25, 0.3) is 0 Å². The third kappa shape index (κ3) is 3.09. The maximum absolute atomic E-state index is 12.1. The molecule has 16 heavy (non-hydrogen) atoms. The van der Waals surface area contributed by atoms with E-state index in [4.69, 9.17) is 0 Å². The zero-order chi connectivity index (χ0) is 12.0. The van der Waals surface area contributed by atoms with Crippen molar-refractivity contribution in [2.24, 2.45) is 0 Å². The second-order valence-corrected chi connectivity index (χ2v) is 4.13. The minimum Gasteiger partial charge on any atom is -0.339 e. The van der Waals surface area contributed by atoms with Crippen molar-refractivity contribution in [3.63, 3.8) is 0 Å². The number of rotatable bonds is 5. The van der Waals surface area contributed by atoms with Crippen LogP contribution < -0.4 is 0 Å². The van der Waals surface area contributed by atoms with Crippen LogP contribution in [0.15, 0.2) is 30.3 Å². The van der Waals surface area contributed by atoms with Crippen LogP contribution in [0.2, 0.25) is 0 Å². The molecule has 0 aliphatic heterocycles. The van der Waals surface area contributed by atoms with Crippen molar-refractivity contribution in [1.82, 2.24) is 4.90 Å². The summed E-state index contributed by atoms with van der Waals surface area (Å²) in [5, 5.41) is 0. The van der Waals surface area contributed by atoms with E-state index < -0.39 is 0 Å². The minimum atomic E-state index is 0.126. The van der Waals surface area contributed by atoms with E-state index >= 15 is 0 Å². The van der Waals surface area contributed by atoms with Crippen molar-refractivity contribution in [2.75, 3.05) is 7.05 Å². The van der Waals surface area contributed by atoms with Crippen LogP contribution in [0, 0.1) is 0 Å². The molecule has 2 nitrogen and oxygen atoms in total. The van der Waals surface area contributed by atoms with E-state index in [2.05, 4.69) is 13.8 Å². The molecule has 0 spiro atoms. The number of carbonyl (C=O) groups excluding carboxylic acids is 1. The molecule has 1 amide bonds. The average Bonchev–Trinajstić information content (AvgIpc) is 2.35. The molecule has 0 saturated heterocycles.